The van der Waals surface area contributed by atoms with Crippen molar-refractivity contribution >= 4 is 35.5 Å². The van der Waals surface area contributed by atoms with Crippen LogP contribution < -0.4 is 5.32 Å². The molecule has 0 amide bonds. The SMILES string of the molecule is CN=C(NCC1CCN(CC(F)(F)F)C1)N1CC=C(c2ccccc2)CC1.I. The highest BCUT2D eigenvalue weighted by atomic mass is 127. The molecule has 0 spiro atoms. The Labute approximate surface area is 181 Å². The van der Waals surface area contributed by atoms with Crippen LogP contribution in [0, 0.1) is 5.92 Å². The molecule has 0 saturated carbocycles. The predicted molar refractivity (Wildman–Crippen MR) is 118 cm³/mol. The molecule has 0 bridgehead atoms. The second-order valence-electron chi connectivity index (χ2n) is 7.22. The number of alkyl halides is 3. The molecule has 1 aromatic carbocycles. The van der Waals surface area contributed by atoms with E-state index < -0.39 is 12.7 Å². The summed E-state index contributed by atoms with van der Waals surface area (Å²) in [5.41, 5.74) is 2.61. The van der Waals surface area contributed by atoms with Gasteiger partial charge >= 0.3 is 6.18 Å². The van der Waals surface area contributed by atoms with E-state index >= 15 is 0 Å². The van der Waals surface area contributed by atoms with Gasteiger partial charge in [0, 0.05) is 33.2 Å². The van der Waals surface area contributed by atoms with Gasteiger partial charge in [0.1, 0.15) is 0 Å². The van der Waals surface area contributed by atoms with Gasteiger partial charge in [0.2, 0.25) is 0 Å². The van der Waals surface area contributed by atoms with Crippen molar-refractivity contribution in [1.29, 1.82) is 0 Å². The van der Waals surface area contributed by atoms with E-state index in [1.165, 1.54) is 16.0 Å². The molecule has 1 unspecified atom stereocenters. The highest BCUT2D eigenvalue weighted by Gasteiger charge is 2.34. The zero-order chi connectivity index (χ0) is 19.3. The maximum atomic E-state index is 12.5. The fourth-order valence-electron chi connectivity index (χ4n) is 3.82. The van der Waals surface area contributed by atoms with E-state index in [9.17, 15) is 13.2 Å². The topological polar surface area (TPSA) is 30.9 Å². The first-order chi connectivity index (χ1) is 12.9. The van der Waals surface area contributed by atoms with Crippen LogP contribution in [-0.4, -0.2) is 68.3 Å². The van der Waals surface area contributed by atoms with Gasteiger partial charge in [-0.2, -0.15) is 13.2 Å². The summed E-state index contributed by atoms with van der Waals surface area (Å²) in [5.74, 6) is 1.05. The number of likely N-dealkylation sites (tertiary alicyclic amines) is 1. The lowest BCUT2D eigenvalue weighted by atomic mass is 10.00. The van der Waals surface area contributed by atoms with Crippen LogP contribution in [0.4, 0.5) is 13.2 Å². The maximum Gasteiger partial charge on any atom is 0.401 e. The molecule has 3 rings (SSSR count). The Morgan fingerprint density at radius 3 is 2.57 bits per heavy atom. The molecule has 28 heavy (non-hydrogen) atoms. The summed E-state index contributed by atoms with van der Waals surface area (Å²) in [6.45, 7) is 2.52. The molecule has 1 atom stereocenters. The first-order valence-electron chi connectivity index (χ1n) is 9.44. The second kappa shape index (κ2) is 10.5. The van der Waals surface area contributed by atoms with Gasteiger partial charge in [0.05, 0.1) is 6.54 Å². The average molecular weight is 508 g/mol. The number of hydrogen-bond donors (Lipinski definition) is 1. The summed E-state index contributed by atoms with van der Waals surface area (Å²) >= 11 is 0. The summed E-state index contributed by atoms with van der Waals surface area (Å²) in [5, 5.41) is 3.36. The Kier molecular flexibility index (Phi) is 8.60. The van der Waals surface area contributed by atoms with Gasteiger partial charge in [-0.05, 0) is 36.4 Å². The molecule has 156 valence electrons. The number of hydrogen-bond acceptors (Lipinski definition) is 2. The van der Waals surface area contributed by atoms with Crippen molar-refractivity contribution in [2.24, 2.45) is 10.9 Å². The molecular formula is C20H28F3IN4. The molecule has 0 radical (unpaired) electrons. The van der Waals surface area contributed by atoms with Gasteiger partial charge in [-0.15, -0.1) is 24.0 Å². The molecular weight excluding hydrogens is 480 g/mol. The van der Waals surface area contributed by atoms with Crippen molar-refractivity contribution in [3.05, 3.63) is 42.0 Å². The van der Waals surface area contributed by atoms with Crippen LogP contribution in [0.2, 0.25) is 0 Å². The summed E-state index contributed by atoms with van der Waals surface area (Å²) < 4.78 is 37.5. The van der Waals surface area contributed by atoms with E-state index in [0.29, 0.717) is 19.6 Å². The number of halogens is 4. The van der Waals surface area contributed by atoms with E-state index in [4.69, 9.17) is 0 Å². The lowest BCUT2D eigenvalue weighted by molar-refractivity contribution is -0.143. The molecule has 0 aliphatic carbocycles. The minimum atomic E-state index is -4.12. The van der Waals surface area contributed by atoms with Crippen LogP contribution >= 0.6 is 24.0 Å². The third-order valence-corrected chi connectivity index (χ3v) is 5.19. The molecule has 0 aromatic heterocycles. The molecule has 1 fully saturated rings. The van der Waals surface area contributed by atoms with Gasteiger partial charge in [-0.25, -0.2) is 0 Å². The van der Waals surface area contributed by atoms with Crippen molar-refractivity contribution in [2.75, 3.05) is 46.3 Å². The van der Waals surface area contributed by atoms with Crippen molar-refractivity contribution in [3.8, 4) is 0 Å². The fraction of sp³-hybridized carbons (Fsp3) is 0.550. The number of aliphatic imine (C=N–C) groups is 1. The summed E-state index contributed by atoms with van der Waals surface area (Å²) in [4.78, 5) is 8.04. The molecule has 4 nitrogen and oxygen atoms in total. The first-order valence-corrected chi connectivity index (χ1v) is 9.44. The summed E-state index contributed by atoms with van der Waals surface area (Å²) in [7, 11) is 1.75. The Morgan fingerprint density at radius 2 is 1.96 bits per heavy atom. The third-order valence-electron chi connectivity index (χ3n) is 5.19. The Morgan fingerprint density at radius 1 is 1.21 bits per heavy atom. The van der Waals surface area contributed by atoms with Crippen molar-refractivity contribution in [3.63, 3.8) is 0 Å². The van der Waals surface area contributed by atoms with E-state index in [0.717, 1.165) is 31.9 Å². The van der Waals surface area contributed by atoms with Gasteiger partial charge in [-0.3, -0.25) is 9.89 Å². The number of benzene rings is 1. The van der Waals surface area contributed by atoms with Crippen molar-refractivity contribution in [1.82, 2.24) is 15.1 Å². The molecule has 2 aliphatic heterocycles. The van der Waals surface area contributed by atoms with Gasteiger partial charge in [0.25, 0.3) is 0 Å². The number of rotatable bonds is 4. The summed E-state index contributed by atoms with van der Waals surface area (Å²) in [6.07, 6.45) is -0.146. The van der Waals surface area contributed by atoms with Gasteiger partial charge in [0.15, 0.2) is 5.96 Å². The van der Waals surface area contributed by atoms with Crippen LogP contribution in [0.3, 0.4) is 0 Å². The van der Waals surface area contributed by atoms with Crippen LogP contribution in [-0.2, 0) is 0 Å². The number of nitrogens with one attached hydrogen (secondary N) is 1. The zero-order valence-electron chi connectivity index (χ0n) is 16.1. The third kappa shape index (κ3) is 6.65. The largest absolute Gasteiger partial charge is 0.401 e. The fourth-order valence-corrected chi connectivity index (χ4v) is 3.82. The quantitative estimate of drug-likeness (QED) is 0.381. The van der Waals surface area contributed by atoms with Crippen molar-refractivity contribution < 1.29 is 13.2 Å². The van der Waals surface area contributed by atoms with Gasteiger partial charge in [-0.1, -0.05) is 36.4 Å². The van der Waals surface area contributed by atoms with E-state index in [1.807, 2.05) is 18.2 Å². The highest BCUT2D eigenvalue weighted by molar-refractivity contribution is 14.0. The van der Waals surface area contributed by atoms with Crippen LogP contribution in [0.15, 0.2) is 41.4 Å². The Hall–Kier alpha value is -1.29. The number of guanidine groups is 1. The zero-order valence-corrected chi connectivity index (χ0v) is 18.4. The van der Waals surface area contributed by atoms with E-state index in [1.54, 1.807) is 7.05 Å². The van der Waals surface area contributed by atoms with Crippen molar-refractivity contribution in [2.45, 2.75) is 19.0 Å². The lowest BCUT2D eigenvalue weighted by Crippen LogP contribution is -2.45. The van der Waals surface area contributed by atoms with Crippen LogP contribution in [0.25, 0.3) is 5.57 Å². The molecule has 2 heterocycles. The van der Waals surface area contributed by atoms with Crippen LogP contribution in [0.5, 0.6) is 0 Å². The normalized spacial score (nSPS) is 21.3. The average Bonchev–Trinajstić information content (AvgIpc) is 3.09. The minimum Gasteiger partial charge on any atom is -0.356 e. The van der Waals surface area contributed by atoms with E-state index in [-0.39, 0.29) is 29.9 Å². The predicted octanol–water partition coefficient (Wildman–Crippen LogP) is 3.85. The smallest absolute Gasteiger partial charge is 0.356 e. The van der Waals surface area contributed by atoms with Gasteiger partial charge < -0.3 is 10.2 Å². The monoisotopic (exact) mass is 508 g/mol. The minimum absolute atomic E-state index is 0. The molecule has 1 saturated heterocycles. The molecule has 8 heteroatoms. The summed E-state index contributed by atoms with van der Waals surface area (Å²) in [6, 6.07) is 10.4. The van der Waals surface area contributed by atoms with Crippen LogP contribution in [0.1, 0.15) is 18.4 Å². The second-order valence-corrected chi connectivity index (χ2v) is 7.22. The standard InChI is InChI=1S/C20H27F3N4.HI/c1-24-19(25-13-16-7-10-26(14-16)15-20(21,22)23)27-11-8-18(9-12-27)17-5-3-2-4-6-17;/h2-6,8,16H,7,9-15H2,1H3,(H,24,25);1H. The molecule has 1 N–H and O–H groups in total. The molecule has 2 aliphatic rings. The lowest BCUT2D eigenvalue weighted by Gasteiger charge is -2.30. The van der Waals surface area contributed by atoms with E-state index in [2.05, 4.69) is 33.4 Å². The Balaban J connectivity index is 0.00000280. The first kappa shape index (κ1) is 23.0. The highest BCUT2D eigenvalue weighted by Crippen LogP contribution is 2.23. The number of nitrogens with zero attached hydrogens (tertiary/aromatic N) is 3. The maximum absolute atomic E-state index is 12.5. The molecule has 1 aromatic rings. The Bertz CT molecular complexity index is 676.